The van der Waals surface area contributed by atoms with Gasteiger partial charge in [0.15, 0.2) is 6.29 Å². The number of anilines is 1. The molecule has 19 heavy (non-hydrogen) atoms. The van der Waals surface area contributed by atoms with E-state index in [2.05, 4.69) is 24.0 Å². The zero-order chi connectivity index (χ0) is 13.7. The van der Waals surface area contributed by atoms with Crippen molar-refractivity contribution in [2.45, 2.75) is 13.5 Å². The van der Waals surface area contributed by atoms with E-state index in [0.717, 1.165) is 25.1 Å². The second kappa shape index (κ2) is 6.39. The second-order valence-corrected chi connectivity index (χ2v) is 4.70. The topological polar surface area (TPSA) is 20.3 Å². The second-order valence-electron chi connectivity index (χ2n) is 4.29. The predicted octanol–water partition coefficient (Wildman–Crippen LogP) is 4.18. The number of hydrogen-bond acceptors (Lipinski definition) is 2. The van der Waals surface area contributed by atoms with Crippen LogP contribution in [0.25, 0.3) is 0 Å². The van der Waals surface area contributed by atoms with Crippen LogP contribution in [0.2, 0.25) is 5.02 Å². The quantitative estimate of drug-likeness (QED) is 0.762. The van der Waals surface area contributed by atoms with E-state index in [1.165, 1.54) is 5.56 Å². The van der Waals surface area contributed by atoms with Gasteiger partial charge in [0.25, 0.3) is 0 Å². The van der Waals surface area contributed by atoms with Gasteiger partial charge in [-0.2, -0.15) is 0 Å². The number of hydrogen-bond donors (Lipinski definition) is 0. The van der Waals surface area contributed by atoms with Crippen LogP contribution in [0.5, 0.6) is 0 Å². The Morgan fingerprint density at radius 1 is 1.11 bits per heavy atom. The van der Waals surface area contributed by atoms with E-state index in [9.17, 15) is 4.79 Å². The highest BCUT2D eigenvalue weighted by molar-refractivity contribution is 6.33. The van der Waals surface area contributed by atoms with E-state index in [-0.39, 0.29) is 0 Å². The average Bonchev–Trinajstić information content (AvgIpc) is 2.45. The summed E-state index contributed by atoms with van der Waals surface area (Å²) in [6.07, 6.45) is 0.825. The van der Waals surface area contributed by atoms with Crippen molar-refractivity contribution in [1.29, 1.82) is 0 Å². The molecule has 2 aromatic rings. The number of carbonyl (C=O) groups is 1. The third-order valence-electron chi connectivity index (χ3n) is 3.09. The molecule has 0 aliphatic rings. The van der Waals surface area contributed by atoms with Crippen LogP contribution in [0.4, 0.5) is 5.69 Å². The van der Waals surface area contributed by atoms with Gasteiger partial charge < -0.3 is 4.90 Å². The summed E-state index contributed by atoms with van der Waals surface area (Å²) < 4.78 is 0. The first-order chi connectivity index (χ1) is 9.26. The normalized spacial score (nSPS) is 10.2. The lowest BCUT2D eigenvalue weighted by Crippen LogP contribution is -2.23. The molecule has 0 unspecified atom stereocenters. The van der Waals surface area contributed by atoms with Gasteiger partial charge in [0.05, 0.1) is 10.6 Å². The van der Waals surface area contributed by atoms with Gasteiger partial charge in [-0.05, 0) is 24.6 Å². The zero-order valence-corrected chi connectivity index (χ0v) is 11.6. The minimum absolute atomic E-state index is 0.499. The molecule has 0 N–H and O–H groups in total. The van der Waals surface area contributed by atoms with Crippen molar-refractivity contribution in [3.63, 3.8) is 0 Å². The van der Waals surface area contributed by atoms with Crippen molar-refractivity contribution in [2.75, 3.05) is 11.4 Å². The molecule has 2 nitrogen and oxygen atoms in total. The van der Waals surface area contributed by atoms with Crippen molar-refractivity contribution in [3.05, 3.63) is 64.7 Å². The molecule has 0 aliphatic carbocycles. The standard InChI is InChI=1S/C16H16ClNO/c1-2-18(11-13-7-4-3-5-8-13)16-10-6-9-15(17)14(16)12-19/h3-10,12H,2,11H2,1H3. The predicted molar refractivity (Wildman–Crippen MR) is 80.0 cm³/mol. The van der Waals surface area contributed by atoms with Crippen LogP contribution in [-0.2, 0) is 6.54 Å². The van der Waals surface area contributed by atoms with Crippen molar-refractivity contribution in [1.82, 2.24) is 0 Å². The van der Waals surface area contributed by atoms with Crippen LogP contribution in [0.1, 0.15) is 22.8 Å². The maximum Gasteiger partial charge on any atom is 0.153 e. The van der Waals surface area contributed by atoms with Crippen LogP contribution in [0.15, 0.2) is 48.5 Å². The van der Waals surface area contributed by atoms with Crippen molar-refractivity contribution in [2.24, 2.45) is 0 Å². The number of nitrogens with zero attached hydrogens (tertiary/aromatic N) is 1. The van der Waals surface area contributed by atoms with Crippen LogP contribution in [-0.4, -0.2) is 12.8 Å². The highest BCUT2D eigenvalue weighted by atomic mass is 35.5. The Kier molecular flexibility index (Phi) is 4.58. The fourth-order valence-corrected chi connectivity index (χ4v) is 2.30. The molecule has 0 saturated heterocycles. The third-order valence-corrected chi connectivity index (χ3v) is 3.42. The fraction of sp³-hybridized carbons (Fsp3) is 0.188. The smallest absolute Gasteiger partial charge is 0.153 e. The van der Waals surface area contributed by atoms with Crippen LogP contribution >= 0.6 is 11.6 Å². The molecule has 0 amide bonds. The van der Waals surface area contributed by atoms with Crippen molar-refractivity contribution >= 4 is 23.6 Å². The monoisotopic (exact) mass is 273 g/mol. The summed E-state index contributed by atoms with van der Waals surface area (Å²) in [6, 6.07) is 15.7. The van der Waals surface area contributed by atoms with Gasteiger partial charge in [0.2, 0.25) is 0 Å². The average molecular weight is 274 g/mol. The highest BCUT2D eigenvalue weighted by Gasteiger charge is 2.12. The molecule has 2 aromatic carbocycles. The van der Waals surface area contributed by atoms with Gasteiger partial charge in [0, 0.05) is 18.8 Å². The van der Waals surface area contributed by atoms with Gasteiger partial charge >= 0.3 is 0 Å². The molecule has 0 heterocycles. The van der Waals surface area contributed by atoms with Gasteiger partial charge in [-0.3, -0.25) is 4.79 Å². The van der Waals surface area contributed by atoms with E-state index in [1.54, 1.807) is 6.07 Å². The van der Waals surface area contributed by atoms with Crippen LogP contribution in [0, 0.1) is 0 Å². The number of aldehydes is 1. The summed E-state index contributed by atoms with van der Waals surface area (Å²) in [5.74, 6) is 0. The third kappa shape index (κ3) is 3.15. The molecule has 3 heteroatoms. The van der Waals surface area contributed by atoms with Gasteiger partial charge in [0.1, 0.15) is 0 Å². The Balaban J connectivity index is 2.32. The van der Waals surface area contributed by atoms with E-state index in [0.29, 0.717) is 10.6 Å². The van der Waals surface area contributed by atoms with E-state index >= 15 is 0 Å². The first-order valence-electron chi connectivity index (χ1n) is 6.28. The zero-order valence-electron chi connectivity index (χ0n) is 10.8. The first-order valence-corrected chi connectivity index (χ1v) is 6.66. The SMILES string of the molecule is CCN(Cc1ccccc1)c1cccc(Cl)c1C=O. The molecular formula is C16H16ClNO. The molecule has 0 saturated carbocycles. The molecule has 0 radical (unpaired) electrons. The Bertz CT molecular complexity index is 554. The molecule has 98 valence electrons. The maximum atomic E-state index is 11.2. The number of halogens is 1. The molecule has 0 bridgehead atoms. The van der Waals surface area contributed by atoms with Crippen molar-refractivity contribution in [3.8, 4) is 0 Å². The van der Waals surface area contributed by atoms with Gasteiger partial charge in [-0.25, -0.2) is 0 Å². The Morgan fingerprint density at radius 3 is 2.47 bits per heavy atom. The fourth-order valence-electron chi connectivity index (χ4n) is 2.09. The van der Waals surface area contributed by atoms with Crippen molar-refractivity contribution < 1.29 is 4.79 Å². The summed E-state index contributed by atoms with van der Waals surface area (Å²) >= 11 is 6.08. The minimum Gasteiger partial charge on any atom is -0.367 e. The lowest BCUT2D eigenvalue weighted by Gasteiger charge is -2.25. The molecule has 0 aliphatic heterocycles. The molecule has 0 atom stereocenters. The minimum atomic E-state index is 0.499. The molecular weight excluding hydrogens is 258 g/mol. The molecule has 0 spiro atoms. The molecule has 0 fully saturated rings. The Morgan fingerprint density at radius 2 is 1.84 bits per heavy atom. The summed E-state index contributed by atoms with van der Waals surface area (Å²) in [4.78, 5) is 13.4. The van der Waals surface area contributed by atoms with Gasteiger partial charge in [-0.1, -0.05) is 48.0 Å². The van der Waals surface area contributed by atoms with E-state index in [1.807, 2.05) is 30.3 Å². The lowest BCUT2D eigenvalue weighted by molar-refractivity contribution is 0.112. The largest absolute Gasteiger partial charge is 0.367 e. The molecule has 0 aromatic heterocycles. The lowest BCUT2D eigenvalue weighted by atomic mass is 10.1. The number of benzene rings is 2. The molecule has 2 rings (SSSR count). The van der Waals surface area contributed by atoms with Gasteiger partial charge in [-0.15, -0.1) is 0 Å². The summed E-state index contributed by atoms with van der Waals surface area (Å²) in [5.41, 5.74) is 2.65. The summed E-state index contributed by atoms with van der Waals surface area (Å²) in [7, 11) is 0. The summed E-state index contributed by atoms with van der Waals surface area (Å²) in [6.45, 7) is 3.65. The maximum absolute atomic E-state index is 11.2. The summed E-state index contributed by atoms with van der Waals surface area (Å²) in [5, 5.41) is 0.499. The number of carbonyl (C=O) groups excluding carboxylic acids is 1. The van der Waals surface area contributed by atoms with E-state index in [4.69, 9.17) is 11.6 Å². The first kappa shape index (κ1) is 13.6. The van der Waals surface area contributed by atoms with Crippen LogP contribution in [0.3, 0.4) is 0 Å². The van der Waals surface area contributed by atoms with E-state index < -0.39 is 0 Å². The van der Waals surface area contributed by atoms with Crippen LogP contribution < -0.4 is 4.90 Å². The highest BCUT2D eigenvalue weighted by Crippen LogP contribution is 2.27. The Labute approximate surface area is 118 Å². The Hall–Kier alpha value is -1.80. The number of rotatable bonds is 5.